The van der Waals surface area contributed by atoms with E-state index in [0.29, 0.717) is 56.3 Å². The Morgan fingerprint density at radius 3 is 2.74 bits per heavy atom. The third-order valence-electron chi connectivity index (χ3n) is 5.46. The number of piperazine rings is 1. The largest absolute Gasteiger partial charge is 0.381 e. The van der Waals surface area contributed by atoms with Crippen LogP contribution in [0.4, 0.5) is 17.6 Å². The van der Waals surface area contributed by atoms with E-state index in [1.807, 2.05) is 17.7 Å². The van der Waals surface area contributed by atoms with Gasteiger partial charge < -0.3 is 25.0 Å². The third kappa shape index (κ3) is 6.16. The molecule has 0 aliphatic carbocycles. The summed E-state index contributed by atoms with van der Waals surface area (Å²) in [6.45, 7) is 12.9. The zero-order valence-electron chi connectivity index (χ0n) is 20.3. The van der Waals surface area contributed by atoms with Gasteiger partial charge in [0.05, 0.1) is 25.5 Å². The van der Waals surface area contributed by atoms with Crippen LogP contribution in [0.1, 0.15) is 26.5 Å². The molecule has 0 amide bonds. The molecule has 2 N–H and O–H groups in total. The van der Waals surface area contributed by atoms with E-state index in [1.165, 1.54) is 6.33 Å². The van der Waals surface area contributed by atoms with Gasteiger partial charge in [0, 0.05) is 52.0 Å². The predicted octanol–water partition coefficient (Wildman–Crippen LogP) is 2.02. The van der Waals surface area contributed by atoms with E-state index < -0.39 is 0 Å². The highest BCUT2D eigenvalue weighted by Gasteiger charge is 2.22. The van der Waals surface area contributed by atoms with Gasteiger partial charge in [-0.1, -0.05) is 13.8 Å². The molecule has 1 aliphatic heterocycles. The Hall–Kier alpha value is -2.89. The number of hydrogen-bond acceptors (Lipinski definition) is 10. The fourth-order valence-corrected chi connectivity index (χ4v) is 3.82. The first kappa shape index (κ1) is 24.2. The average molecular weight is 470 g/mol. The van der Waals surface area contributed by atoms with Crippen molar-refractivity contribution in [2.45, 2.75) is 33.7 Å². The zero-order valence-corrected chi connectivity index (χ0v) is 20.3. The van der Waals surface area contributed by atoms with Crippen molar-refractivity contribution in [1.82, 2.24) is 35.0 Å². The first-order chi connectivity index (χ1) is 16.7. The fraction of sp³-hybridized carbons (Fsp3) is 0.609. The molecule has 3 aromatic rings. The van der Waals surface area contributed by atoms with Gasteiger partial charge in [-0.05, 0) is 18.9 Å². The van der Waals surface area contributed by atoms with E-state index in [0.717, 1.165) is 49.5 Å². The van der Waals surface area contributed by atoms with E-state index in [9.17, 15) is 0 Å². The van der Waals surface area contributed by atoms with Crippen molar-refractivity contribution >= 4 is 28.6 Å². The summed E-state index contributed by atoms with van der Waals surface area (Å²) in [5.74, 6) is 2.53. The Balaban J connectivity index is 1.74. The molecule has 0 saturated carbocycles. The average Bonchev–Trinajstić information content (AvgIpc) is 3.21. The number of aromatic nitrogens is 6. The molecule has 34 heavy (non-hydrogen) atoms. The highest BCUT2D eigenvalue weighted by atomic mass is 16.5. The molecule has 1 fully saturated rings. The topological polar surface area (TPSA) is 115 Å². The number of anilines is 3. The summed E-state index contributed by atoms with van der Waals surface area (Å²) in [6, 6.07) is 1.82. The van der Waals surface area contributed by atoms with Crippen molar-refractivity contribution in [2.24, 2.45) is 5.92 Å². The second-order valence-corrected chi connectivity index (χ2v) is 8.61. The summed E-state index contributed by atoms with van der Waals surface area (Å²) >= 11 is 0. The number of ether oxygens (including phenoxy) is 2. The Labute approximate surface area is 200 Å². The summed E-state index contributed by atoms with van der Waals surface area (Å²) in [7, 11) is 0. The lowest BCUT2D eigenvalue weighted by Gasteiger charge is -2.27. The molecule has 4 heterocycles. The Morgan fingerprint density at radius 1 is 1.15 bits per heavy atom. The minimum Gasteiger partial charge on any atom is -0.381 e. The monoisotopic (exact) mass is 469 g/mol. The van der Waals surface area contributed by atoms with Gasteiger partial charge in [0.15, 0.2) is 5.82 Å². The third-order valence-corrected chi connectivity index (χ3v) is 5.46. The fourth-order valence-electron chi connectivity index (χ4n) is 3.82. The lowest BCUT2D eigenvalue weighted by atomic mass is 10.2. The molecular formula is C23H35N9O2. The first-order valence-corrected chi connectivity index (χ1v) is 12.1. The van der Waals surface area contributed by atoms with Crippen molar-refractivity contribution in [3.05, 3.63) is 24.3 Å². The molecule has 0 unspecified atom stereocenters. The van der Waals surface area contributed by atoms with Crippen molar-refractivity contribution in [3.63, 3.8) is 0 Å². The molecule has 184 valence electrons. The molecule has 3 aromatic heterocycles. The quantitative estimate of drug-likeness (QED) is 0.382. The van der Waals surface area contributed by atoms with Gasteiger partial charge in [-0.3, -0.25) is 4.68 Å². The molecule has 1 aliphatic rings. The van der Waals surface area contributed by atoms with Gasteiger partial charge >= 0.3 is 0 Å². The number of fused-ring (bicyclic) bond motifs is 1. The Bertz CT molecular complexity index is 1040. The van der Waals surface area contributed by atoms with Gasteiger partial charge in [0.1, 0.15) is 23.2 Å². The molecular weight excluding hydrogens is 434 g/mol. The Morgan fingerprint density at radius 2 is 2.00 bits per heavy atom. The summed E-state index contributed by atoms with van der Waals surface area (Å²) in [5.41, 5.74) is 2.58. The number of hydrogen-bond donors (Lipinski definition) is 2. The van der Waals surface area contributed by atoms with Crippen molar-refractivity contribution < 1.29 is 9.47 Å². The van der Waals surface area contributed by atoms with Crippen LogP contribution in [0.3, 0.4) is 0 Å². The van der Waals surface area contributed by atoms with Crippen molar-refractivity contribution in [1.29, 1.82) is 0 Å². The summed E-state index contributed by atoms with van der Waals surface area (Å²) < 4.78 is 13.4. The van der Waals surface area contributed by atoms with Gasteiger partial charge in [-0.15, -0.1) is 0 Å². The summed E-state index contributed by atoms with van der Waals surface area (Å²) in [4.78, 5) is 20.5. The molecule has 0 radical (unpaired) electrons. The minimum absolute atomic E-state index is 0.491. The van der Waals surface area contributed by atoms with Crippen LogP contribution in [0.15, 0.2) is 18.6 Å². The molecule has 0 spiro atoms. The summed E-state index contributed by atoms with van der Waals surface area (Å²) in [6.07, 6.45) is 3.90. The van der Waals surface area contributed by atoms with Crippen LogP contribution in [0.5, 0.6) is 0 Å². The van der Waals surface area contributed by atoms with Crippen LogP contribution in [-0.2, 0) is 22.4 Å². The van der Waals surface area contributed by atoms with Crippen LogP contribution in [0.2, 0.25) is 0 Å². The van der Waals surface area contributed by atoms with Crippen LogP contribution in [0.25, 0.3) is 11.0 Å². The number of nitrogens with zero attached hydrogens (tertiary/aromatic N) is 7. The van der Waals surface area contributed by atoms with Crippen LogP contribution < -0.4 is 15.5 Å². The first-order valence-electron chi connectivity index (χ1n) is 12.1. The maximum atomic E-state index is 5.86. The molecule has 4 rings (SSSR count). The highest BCUT2D eigenvalue weighted by Crippen LogP contribution is 2.29. The van der Waals surface area contributed by atoms with Gasteiger partial charge in [-0.2, -0.15) is 10.1 Å². The number of rotatable bonds is 12. The maximum absolute atomic E-state index is 5.86. The second-order valence-electron chi connectivity index (χ2n) is 8.61. The zero-order chi connectivity index (χ0) is 23.8. The van der Waals surface area contributed by atoms with E-state index in [-0.39, 0.29) is 0 Å². The smallest absolute Gasteiger partial charge is 0.228 e. The SMILES string of the molecule is CCOCCn1nc(CCOCC(C)C)c2nc(N3CCNCC3)nc(Nc3ccncn3)c21. The molecule has 0 bridgehead atoms. The second kappa shape index (κ2) is 12.0. The normalized spacial score (nSPS) is 14.3. The predicted molar refractivity (Wildman–Crippen MR) is 132 cm³/mol. The van der Waals surface area contributed by atoms with Crippen LogP contribution in [0, 0.1) is 5.92 Å². The molecule has 1 saturated heterocycles. The lowest BCUT2D eigenvalue weighted by Crippen LogP contribution is -2.44. The molecule has 0 aromatic carbocycles. The van der Waals surface area contributed by atoms with Crippen molar-refractivity contribution in [3.8, 4) is 0 Å². The van der Waals surface area contributed by atoms with Gasteiger partial charge in [-0.25, -0.2) is 15.0 Å². The lowest BCUT2D eigenvalue weighted by molar-refractivity contribution is 0.112. The summed E-state index contributed by atoms with van der Waals surface area (Å²) in [5, 5.41) is 11.7. The van der Waals surface area contributed by atoms with Crippen LogP contribution in [-0.4, -0.2) is 82.3 Å². The molecule has 0 atom stereocenters. The number of nitrogens with one attached hydrogen (secondary N) is 2. The minimum atomic E-state index is 0.491. The van der Waals surface area contributed by atoms with E-state index in [1.54, 1.807) is 6.20 Å². The Kier molecular flexibility index (Phi) is 8.56. The highest BCUT2D eigenvalue weighted by molar-refractivity contribution is 5.90. The molecule has 11 nitrogen and oxygen atoms in total. The van der Waals surface area contributed by atoms with E-state index in [2.05, 4.69) is 39.3 Å². The van der Waals surface area contributed by atoms with Gasteiger partial charge in [0.25, 0.3) is 0 Å². The molecule has 11 heteroatoms. The van der Waals surface area contributed by atoms with Crippen molar-refractivity contribution in [2.75, 3.05) is 62.8 Å². The maximum Gasteiger partial charge on any atom is 0.228 e. The van der Waals surface area contributed by atoms with Crippen LogP contribution >= 0.6 is 0 Å². The van der Waals surface area contributed by atoms with E-state index in [4.69, 9.17) is 24.5 Å². The van der Waals surface area contributed by atoms with Gasteiger partial charge in [0.2, 0.25) is 5.95 Å². The standard InChI is InChI=1S/C23H35N9O2/c1-4-33-14-12-32-21-20(18(30-32)6-13-34-15-17(2)3)28-23(31-10-8-24-9-11-31)29-22(21)27-19-5-7-25-16-26-19/h5,7,16-17,24H,4,6,8-15H2,1-3H3,(H,25,26,27,28,29). The van der Waals surface area contributed by atoms with E-state index >= 15 is 0 Å².